The van der Waals surface area contributed by atoms with Crippen molar-refractivity contribution < 1.29 is 18.0 Å². The molecule has 0 saturated heterocycles. The van der Waals surface area contributed by atoms with Crippen molar-refractivity contribution in [3.63, 3.8) is 0 Å². The van der Waals surface area contributed by atoms with Gasteiger partial charge in [-0.25, -0.2) is 0 Å². The molecular weight excluding hydrogens is 367 g/mol. The van der Waals surface area contributed by atoms with E-state index in [0.717, 1.165) is 6.07 Å². The van der Waals surface area contributed by atoms with E-state index in [1.165, 1.54) is 18.5 Å². The maximum Gasteiger partial charge on any atom is 0.417 e. The lowest BCUT2D eigenvalue weighted by Gasteiger charge is -2.21. The van der Waals surface area contributed by atoms with Crippen molar-refractivity contribution in [1.29, 1.82) is 0 Å². The number of nitrogens with two attached hydrogens (primary N) is 1. The summed E-state index contributed by atoms with van der Waals surface area (Å²) in [5, 5.41) is 2.86. The molecule has 26 heavy (non-hydrogen) atoms. The zero-order valence-electron chi connectivity index (χ0n) is 14.7. The number of benzene rings is 1. The Balaban J connectivity index is 0.000000314. The fraction of sp³-hybridized carbons (Fsp3) is 0.333. The van der Waals surface area contributed by atoms with E-state index in [4.69, 9.17) is 17.3 Å². The predicted octanol–water partition coefficient (Wildman–Crippen LogP) is 4.43. The summed E-state index contributed by atoms with van der Waals surface area (Å²) >= 11 is 5.53. The molecule has 0 aliphatic heterocycles. The smallest absolute Gasteiger partial charge is 0.366 e. The minimum atomic E-state index is -4.41. The Kier molecular flexibility index (Phi) is 7.59. The molecule has 3 N–H and O–H groups in total. The molecule has 0 aliphatic carbocycles. The summed E-state index contributed by atoms with van der Waals surface area (Å²) in [6.45, 7) is 6.23. The highest BCUT2D eigenvalue weighted by Crippen LogP contribution is 2.35. The van der Waals surface area contributed by atoms with E-state index < -0.39 is 17.6 Å². The number of carbonyl (C=O) groups is 1. The maximum absolute atomic E-state index is 12.6. The fourth-order valence-corrected chi connectivity index (χ4v) is 2.01. The Morgan fingerprint density at radius 1 is 1.15 bits per heavy atom. The molecule has 0 unspecified atom stereocenters. The quantitative estimate of drug-likeness (QED) is 0.818. The first-order chi connectivity index (χ1) is 11.9. The fourth-order valence-electron chi connectivity index (χ4n) is 1.78. The summed E-state index contributed by atoms with van der Waals surface area (Å²) in [6.07, 6.45) is -1.35. The minimum Gasteiger partial charge on any atom is -0.366 e. The molecule has 0 fully saturated rings. The van der Waals surface area contributed by atoms with Gasteiger partial charge in [0.1, 0.15) is 0 Å². The van der Waals surface area contributed by atoms with Gasteiger partial charge in [0.25, 0.3) is 0 Å². The monoisotopic (exact) mass is 387 g/mol. The lowest BCUT2D eigenvalue weighted by atomic mass is 10.1. The van der Waals surface area contributed by atoms with Crippen LogP contribution in [0.15, 0.2) is 42.7 Å². The van der Waals surface area contributed by atoms with Crippen LogP contribution in [0.4, 0.5) is 13.2 Å². The van der Waals surface area contributed by atoms with Crippen LogP contribution in [-0.2, 0) is 12.7 Å². The van der Waals surface area contributed by atoms with Crippen molar-refractivity contribution in [2.45, 2.75) is 39.0 Å². The highest BCUT2D eigenvalue weighted by molar-refractivity contribution is 6.31. The summed E-state index contributed by atoms with van der Waals surface area (Å²) in [7, 11) is 0. The SMILES string of the molecule is CC(C)(C)NCc1ccc(Cl)c(C(F)(F)F)c1.NC(=O)c1ccncc1. The van der Waals surface area contributed by atoms with Crippen molar-refractivity contribution in [2.75, 3.05) is 0 Å². The Bertz CT molecular complexity index is 729. The lowest BCUT2D eigenvalue weighted by molar-refractivity contribution is -0.137. The molecule has 0 bridgehead atoms. The number of primary amides is 1. The average Bonchev–Trinajstić information content (AvgIpc) is 2.53. The second kappa shape index (κ2) is 9.00. The standard InChI is InChI=1S/C12H15ClF3N.C6H6N2O/c1-11(2,3)17-7-8-4-5-10(13)9(6-8)12(14,15)16;7-6(9)5-1-3-8-4-2-5/h4-6,17H,7H2,1-3H3;1-4H,(H2,7,9). The van der Waals surface area contributed by atoms with Crippen molar-refractivity contribution in [2.24, 2.45) is 5.73 Å². The highest BCUT2D eigenvalue weighted by atomic mass is 35.5. The molecule has 1 heterocycles. The number of alkyl halides is 3. The molecule has 0 aliphatic rings. The first-order valence-corrected chi connectivity index (χ1v) is 8.08. The first-order valence-electron chi connectivity index (χ1n) is 7.70. The van der Waals surface area contributed by atoms with Crippen LogP contribution in [0, 0.1) is 0 Å². The van der Waals surface area contributed by atoms with Crippen LogP contribution in [0.3, 0.4) is 0 Å². The van der Waals surface area contributed by atoms with E-state index in [0.29, 0.717) is 17.7 Å². The number of aromatic nitrogens is 1. The summed E-state index contributed by atoms with van der Waals surface area (Å²) in [6, 6.07) is 7.10. The molecule has 0 saturated carbocycles. The van der Waals surface area contributed by atoms with Gasteiger partial charge in [-0.05, 0) is 50.6 Å². The van der Waals surface area contributed by atoms with Gasteiger partial charge in [-0.3, -0.25) is 9.78 Å². The van der Waals surface area contributed by atoms with Crippen LogP contribution in [0.25, 0.3) is 0 Å². The molecule has 4 nitrogen and oxygen atoms in total. The molecule has 0 radical (unpaired) electrons. The average molecular weight is 388 g/mol. The van der Waals surface area contributed by atoms with Crippen molar-refractivity contribution in [3.05, 3.63) is 64.4 Å². The van der Waals surface area contributed by atoms with E-state index in [9.17, 15) is 18.0 Å². The zero-order valence-corrected chi connectivity index (χ0v) is 15.4. The number of carbonyl (C=O) groups excluding carboxylic acids is 1. The van der Waals surface area contributed by atoms with Crippen LogP contribution in [0.2, 0.25) is 5.02 Å². The molecule has 142 valence electrons. The second-order valence-corrected chi connectivity index (χ2v) is 6.92. The molecule has 8 heteroatoms. The number of nitrogens with one attached hydrogen (secondary N) is 1. The van der Waals surface area contributed by atoms with Crippen molar-refractivity contribution in [1.82, 2.24) is 10.3 Å². The van der Waals surface area contributed by atoms with Gasteiger partial charge in [-0.2, -0.15) is 13.2 Å². The third-order valence-corrected chi connectivity index (χ3v) is 3.45. The molecule has 0 atom stereocenters. The number of rotatable bonds is 3. The summed E-state index contributed by atoms with van der Waals surface area (Å²) in [5.74, 6) is -0.419. The number of hydrogen-bond donors (Lipinski definition) is 2. The van der Waals surface area contributed by atoms with E-state index in [2.05, 4.69) is 10.3 Å². The number of hydrogen-bond acceptors (Lipinski definition) is 3. The number of nitrogens with zero attached hydrogens (tertiary/aromatic N) is 1. The largest absolute Gasteiger partial charge is 0.417 e. The minimum absolute atomic E-state index is 0.141. The van der Waals surface area contributed by atoms with Crippen LogP contribution < -0.4 is 11.1 Å². The zero-order chi connectivity index (χ0) is 20.0. The highest BCUT2D eigenvalue weighted by Gasteiger charge is 2.33. The normalized spacial score (nSPS) is 11.5. The van der Waals surface area contributed by atoms with Gasteiger partial charge in [0, 0.05) is 30.0 Å². The van der Waals surface area contributed by atoms with Gasteiger partial charge in [-0.15, -0.1) is 0 Å². The third-order valence-electron chi connectivity index (χ3n) is 3.12. The summed E-state index contributed by atoms with van der Waals surface area (Å²) in [4.78, 5) is 14.1. The number of halogens is 4. The van der Waals surface area contributed by atoms with Gasteiger partial charge < -0.3 is 11.1 Å². The molecule has 1 amide bonds. The van der Waals surface area contributed by atoms with Gasteiger partial charge >= 0.3 is 6.18 Å². The van der Waals surface area contributed by atoms with Crippen LogP contribution >= 0.6 is 11.6 Å². The van der Waals surface area contributed by atoms with Crippen LogP contribution in [0.1, 0.15) is 42.3 Å². The molecule has 1 aromatic carbocycles. The van der Waals surface area contributed by atoms with E-state index in [-0.39, 0.29) is 10.6 Å². The summed E-state index contributed by atoms with van der Waals surface area (Å²) < 4.78 is 37.8. The van der Waals surface area contributed by atoms with E-state index >= 15 is 0 Å². The van der Waals surface area contributed by atoms with Gasteiger partial charge in [-0.1, -0.05) is 17.7 Å². The van der Waals surface area contributed by atoms with Crippen LogP contribution in [-0.4, -0.2) is 16.4 Å². The third kappa shape index (κ3) is 7.84. The van der Waals surface area contributed by atoms with Gasteiger partial charge in [0.2, 0.25) is 5.91 Å². The Morgan fingerprint density at radius 3 is 2.15 bits per heavy atom. The van der Waals surface area contributed by atoms with Crippen LogP contribution in [0.5, 0.6) is 0 Å². The lowest BCUT2D eigenvalue weighted by Crippen LogP contribution is -2.35. The molecule has 2 rings (SSSR count). The van der Waals surface area contributed by atoms with E-state index in [1.807, 2.05) is 20.8 Å². The van der Waals surface area contributed by atoms with Crippen molar-refractivity contribution in [3.8, 4) is 0 Å². The predicted molar refractivity (Wildman–Crippen MR) is 95.8 cm³/mol. The molecule has 2 aromatic rings. The van der Waals surface area contributed by atoms with Gasteiger partial charge in [0.05, 0.1) is 10.6 Å². The Hall–Kier alpha value is -2.12. The second-order valence-electron chi connectivity index (χ2n) is 6.52. The van der Waals surface area contributed by atoms with E-state index in [1.54, 1.807) is 18.2 Å². The first kappa shape index (κ1) is 21.9. The molecule has 1 aromatic heterocycles. The number of pyridine rings is 1. The molecule has 0 spiro atoms. The number of amides is 1. The van der Waals surface area contributed by atoms with Gasteiger partial charge in [0.15, 0.2) is 0 Å². The maximum atomic E-state index is 12.6. The molecular formula is C18H21ClF3N3O. The van der Waals surface area contributed by atoms with Crippen molar-refractivity contribution >= 4 is 17.5 Å². The topological polar surface area (TPSA) is 68.0 Å². The Labute approximate surface area is 155 Å². The Morgan fingerprint density at radius 2 is 1.73 bits per heavy atom. The summed E-state index contributed by atoms with van der Waals surface area (Å²) in [5.41, 5.74) is 5.08.